The first kappa shape index (κ1) is 13.9. The number of carbonyl (C=O) groups excluding carboxylic acids is 1. The zero-order valence-corrected chi connectivity index (χ0v) is 13.1. The van der Waals surface area contributed by atoms with Gasteiger partial charge in [0.15, 0.2) is 0 Å². The van der Waals surface area contributed by atoms with E-state index in [1.165, 1.54) is 0 Å². The van der Waals surface area contributed by atoms with Crippen LogP contribution in [0.3, 0.4) is 0 Å². The number of aryl methyl sites for hydroxylation is 1. The summed E-state index contributed by atoms with van der Waals surface area (Å²) in [4.78, 5) is 12.1. The number of hydrogen-bond donors (Lipinski definition) is 0. The number of hydrogen-bond acceptors (Lipinski definition) is 5. The van der Waals surface area contributed by atoms with Gasteiger partial charge in [-0.05, 0) is 32.0 Å². The first-order valence-corrected chi connectivity index (χ1v) is 7.22. The Morgan fingerprint density at radius 2 is 2.19 bits per heavy atom. The molecule has 5 nitrogen and oxygen atoms in total. The van der Waals surface area contributed by atoms with Crippen LogP contribution >= 0.6 is 15.9 Å². The van der Waals surface area contributed by atoms with Crippen LogP contribution in [-0.4, -0.2) is 17.7 Å². The SMILES string of the molecule is CCOC(=O)c1oc2ccc(Br)cc2c1-c1cc(C)on1. The van der Waals surface area contributed by atoms with Crippen LogP contribution < -0.4 is 0 Å². The fourth-order valence-electron chi connectivity index (χ4n) is 2.15. The monoisotopic (exact) mass is 349 g/mol. The Labute approximate surface area is 129 Å². The standard InChI is InChI=1S/C15H12BrNO4/c1-3-19-15(18)14-13(11-6-8(2)21-17-11)10-7-9(16)4-5-12(10)20-14/h4-7H,3H2,1-2H3. The number of benzene rings is 1. The quantitative estimate of drug-likeness (QED) is 0.658. The molecule has 0 N–H and O–H groups in total. The number of esters is 1. The van der Waals surface area contributed by atoms with Crippen LogP contribution in [0.2, 0.25) is 0 Å². The van der Waals surface area contributed by atoms with Gasteiger partial charge in [0.1, 0.15) is 17.0 Å². The molecule has 0 aliphatic rings. The second kappa shape index (κ2) is 5.37. The molecule has 6 heteroatoms. The maximum Gasteiger partial charge on any atom is 0.374 e. The number of furan rings is 1. The predicted octanol–water partition coefficient (Wildman–Crippen LogP) is 4.34. The highest BCUT2D eigenvalue weighted by molar-refractivity contribution is 9.10. The van der Waals surface area contributed by atoms with Gasteiger partial charge in [0.25, 0.3) is 0 Å². The Morgan fingerprint density at radius 1 is 1.38 bits per heavy atom. The third-order valence-electron chi connectivity index (χ3n) is 2.99. The number of ether oxygens (including phenoxy) is 1. The van der Waals surface area contributed by atoms with E-state index < -0.39 is 5.97 Å². The van der Waals surface area contributed by atoms with Crippen molar-refractivity contribution in [1.29, 1.82) is 0 Å². The summed E-state index contributed by atoms with van der Waals surface area (Å²) in [6, 6.07) is 7.27. The first-order chi connectivity index (χ1) is 10.1. The van der Waals surface area contributed by atoms with Gasteiger partial charge in [0, 0.05) is 15.9 Å². The van der Waals surface area contributed by atoms with Crippen molar-refractivity contribution in [2.75, 3.05) is 6.61 Å². The number of nitrogens with zero attached hydrogens (tertiary/aromatic N) is 1. The van der Waals surface area contributed by atoms with Gasteiger partial charge >= 0.3 is 5.97 Å². The first-order valence-electron chi connectivity index (χ1n) is 6.43. The lowest BCUT2D eigenvalue weighted by molar-refractivity contribution is 0.0494. The van der Waals surface area contributed by atoms with Crippen LogP contribution in [-0.2, 0) is 4.74 Å². The molecule has 0 bridgehead atoms. The largest absolute Gasteiger partial charge is 0.460 e. The molecule has 108 valence electrons. The molecule has 0 unspecified atom stereocenters. The maximum atomic E-state index is 12.1. The average molecular weight is 350 g/mol. The summed E-state index contributed by atoms with van der Waals surface area (Å²) in [5.74, 6) is 0.280. The summed E-state index contributed by atoms with van der Waals surface area (Å²) < 4.78 is 16.7. The van der Waals surface area contributed by atoms with Gasteiger partial charge in [-0.15, -0.1) is 0 Å². The Morgan fingerprint density at radius 3 is 2.86 bits per heavy atom. The summed E-state index contributed by atoms with van der Waals surface area (Å²) in [5, 5.41) is 4.76. The Bertz CT molecular complexity index is 818. The highest BCUT2D eigenvalue weighted by Gasteiger charge is 2.25. The smallest absolute Gasteiger partial charge is 0.374 e. The van der Waals surface area contributed by atoms with Crippen molar-refractivity contribution in [2.45, 2.75) is 13.8 Å². The third kappa shape index (κ3) is 2.47. The Balaban J connectivity index is 2.28. The lowest BCUT2D eigenvalue weighted by Crippen LogP contribution is -2.04. The third-order valence-corrected chi connectivity index (χ3v) is 3.49. The summed E-state index contributed by atoms with van der Waals surface area (Å²) in [7, 11) is 0. The zero-order valence-electron chi connectivity index (χ0n) is 11.5. The van der Waals surface area contributed by atoms with E-state index in [2.05, 4.69) is 21.1 Å². The van der Waals surface area contributed by atoms with Crippen LogP contribution in [0.1, 0.15) is 23.2 Å². The van der Waals surface area contributed by atoms with Crippen LogP contribution in [0.15, 0.2) is 37.7 Å². The van der Waals surface area contributed by atoms with Crippen LogP contribution in [0.4, 0.5) is 0 Å². The molecule has 21 heavy (non-hydrogen) atoms. The molecular formula is C15H12BrNO4. The van der Waals surface area contributed by atoms with E-state index in [-0.39, 0.29) is 12.4 Å². The Kier molecular flexibility index (Phi) is 3.55. The summed E-state index contributed by atoms with van der Waals surface area (Å²) >= 11 is 3.42. The van der Waals surface area contributed by atoms with Crippen LogP contribution in [0, 0.1) is 6.92 Å². The molecule has 3 rings (SSSR count). The molecule has 0 aliphatic heterocycles. The minimum atomic E-state index is -0.513. The highest BCUT2D eigenvalue weighted by atomic mass is 79.9. The van der Waals surface area contributed by atoms with Crippen molar-refractivity contribution in [3.63, 3.8) is 0 Å². The highest BCUT2D eigenvalue weighted by Crippen LogP contribution is 2.36. The summed E-state index contributed by atoms with van der Waals surface area (Å²) in [6.45, 7) is 3.81. The molecule has 2 heterocycles. The second-order valence-electron chi connectivity index (χ2n) is 4.49. The van der Waals surface area contributed by atoms with Crippen molar-refractivity contribution >= 4 is 32.9 Å². The van der Waals surface area contributed by atoms with Crippen LogP contribution in [0.5, 0.6) is 0 Å². The van der Waals surface area contributed by atoms with Gasteiger partial charge in [-0.1, -0.05) is 21.1 Å². The van der Waals surface area contributed by atoms with E-state index in [4.69, 9.17) is 13.7 Å². The van der Waals surface area contributed by atoms with Gasteiger partial charge in [0.2, 0.25) is 5.76 Å². The van der Waals surface area contributed by atoms with Gasteiger partial charge in [0.05, 0.1) is 12.2 Å². The fraction of sp³-hybridized carbons (Fsp3) is 0.200. The number of halogens is 1. The van der Waals surface area contributed by atoms with Crippen molar-refractivity contribution in [1.82, 2.24) is 5.16 Å². The molecule has 3 aromatic rings. The molecule has 0 amide bonds. The average Bonchev–Trinajstić information content (AvgIpc) is 3.02. The lowest BCUT2D eigenvalue weighted by Gasteiger charge is -2.00. The van der Waals surface area contributed by atoms with E-state index in [0.29, 0.717) is 22.6 Å². The lowest BCUT2D eigenvalue weighted by atomic mass is 10.1. The van der Waals surface area contributed by atoms with Gasteiger partial charge in [-0.3, -0.25) is 0 Å². The Hall–Kier alpha value is -2.08. The minimum absolute atomic E-state index is 0.137. The minimum Gasteiger partial charge on any atom is -0.460 e. The van der Waals surface area contributed by atoms with Crippen molar-refractivity contribution in [2.24, 2.45) is 0 Å². The predicted molar refractivity (Wildman–Crippen MR) is 80.1 cm³/mol. The second-order valence-corrected chi connectivity index (χ2v) is 5.41. The van der Waals surface area contributed by atoms with Crippen molar-refractivity contribution in [3.8, 4) is 11.3 Å². The van der Waals surface area contributed by atoms with E-state index >= 15 is 0 Å². The molecule has 2 aromatic heterocycles. The number of carbonyl (C=O) groups is 1. The fourth-order valence-corrected chi connectivity index (χ4v) is 2.51. The maximum absolute atomic E-state index is 12.1. The van der Waals surface area contributed by atoms with Gasteiger partial charge in [-0.2, -0.15) is 0 Å². The zero-order chi connectivity index (χ0) is 15.0. The van der Waals surface area contributed by atoms with E-state index in [9.17, 15) is 4.79 Å². The van der Waals surface area contributed by atoms with Gasteiger partial charge < -0.3 is 13.7 Å². The van der Waals surface area contributed by atoms with Crippen molar-refractivity contribution < 1.29 is 18.5 Å². The van der Waals surface area contributed by atoms with Crippen molar-refractivity contribution in [3.05, 3.63) is 40.3 Å². The molecule has 0 aliphatic carbocycles. The van der Waals surface area contributed by atoms with E-state index in [1.807, 2.05) is 12.1 Å². The molecule has 0 saturated carbocycles. The molecule has 0 fully saturated rings. The molecule has 1 aromatic carbocycles. The molecule has 0 radical (unpaired) electrons. The number of aromatic nitrogens is 1. The number of fused-ring (bicyclic) bond motifs is 1. The molecular weight excluding hydrogens is 338 g/mol. The summed E-state index contributed by atoms with van der Waals surface area (Å²) in [5.41, 5.74) is 1.73. The van der Waals surface area contributed by atoms with E-state index in [0.717, 1.165) is 9.86 Å². The van der Waals surface area contributed by atoms with Crippen LogP contribution in [0.25, 0.3) is 22.2 Å². The molecule has 0 atom stereocenters. The number of rotatable bonds is 3. The van der Waals surface area contributed by atoms with Gasteiger partial charge in [-0.25, -0.2) is 4.79 Å². The molecule has 0 spiro atoms. The molecule has 0 saturated heterocycles. The van der Waals surface area contributed by atoms with E-state index in [1.54, 1.807) is 26.0 Å². The normalized spacial score (nSPS) is 11.0. The topological polar surface area (TPSA) is 65.5 Å². The summed E-state index contributed by atoms with van der Waals surface area (Å²) in [6.07, 6.45) is 0.